The van der Waals surface area contributed by atoms with Gasteiger partial charge in [-0.3, -0.25) is 0 Å². The summed E-state index contributed by atoms with van der Waals surface area (Å²) in [5.74, 6) is 0.295. The van der Waals surface area contributed by atoms with E-state index in [-0.39, 0.29) is 28.4 Å². The Kier molecular flexibility index (Phi) is 3.49. The molecule has 4 heteroatoms. The molecule has 0 amide bonds. The van der Waals surface area contributed by atoms with E-state index in [0.29, 0.717) is 5.75 Å². The number of aliphatic hydroxyl groups is 1. The molecular formula is C15H22BrNO2. The molecule has 19 heavy (non-hydrogen) atoms. The van der Waals surface area contributed by atoms with Crippen molar-refractivity contribution in [2.24, 2.45) is 0 Å². The number of halogens is 1. The van der Waals surface area contributed by atoms with Gasteiger partial charge in [0.1, 0.15) is 5.75 Å². The van der Waals surface area contributed by atoms with Gasteiger partial charge in [-0.1, -0.05) is 13.0 Å². The van der Waals surface area contributed by atoms with E-state index in [2.05, 4.69) is 18.9 Å². The van der Waals surface area contributed by atoms with Crippen LogP contribution in [0.4, 0.5) is 0 Å². The molecular weight excluding hydrogens is 306 g/mol. The molecule has 2 aliphatic rings. The Balaban J connectivity index is 0.00000133. The first-order valence-corrected chi connectivity index (χ1v) is 6.61. The van der Waals surface area contributed by atoms with Crippen molar-refractivity contribution in [3.05, 3.63) is 29.3 Å². The van der Waals surface area contributed by atoms with Crippen LogP contribution in [0.15, 0.2) is 18.2 Å². The van der Waals surface area contributed by atoms with Gasteiger partial charge in [0.25, 0.3) is 0 Å². The average Bonchev–Trinajstić information content (AvgIpc) is 2.30. The minimum Gasteiger partial charge on any atom is -0.508 e. The number of piperidine rings is 1. The molecule has 1 saturated heterocycles. The van der Waals surface area contributed by atoms with Crippen LogP contribution in [0.2, 0.25) is 0 Å². The number of benzene rings is 1. The number of likely N-dealkylation sites (tertiary alicyclic amines) is 1. The molecule has 0 spiro atoms. The third-order valence-corrected chi connectivity index (χ3v) is 5.36. The zero-order valence-corrected chi connectivity index (χ0v) is 13.4. The Morgan fingerprint density at radius 1 is 1.32 bits per heavy atom. The zero-order chi connectivity index (χ0) is 13.1. The predicted molar refractivity (Wildman–Crippen MR) is 81.1 cm³/mol. The van der Waals surface area contributed by atoms with Crippen LogP contribution in [-0.4, -0.2) is 40.3 Å². The highest BCUT2D eigenvalue weighted by Gasteiger charge is 2.57. The average molecular weight is 328 g/mol. The number of nitrogens with zero attached hydrogens (tertiary/aromatic N) is 1. The number of likely N-dealkylation sites (N-methyl/N-ethyl adjacent to an activating group) is 1. The van der Waals surface area contributed by atoms with Crippen LogP contribution in [0.3, 0.4) is 0 Å². The second kappa shape index (κ2) is 4.47. The number of phenols is 1. The molecule has 0 radical (unpaired) electrons. The largest absolute Gasteiger partial charge is 0.508 e. The predicted octanol–water partition coefficient (Wildman–Crippen LogP) is 2.24. The molecule has 3 atom stereocenters. The molecule has 1 aliphatic carbocycles. The van der Waals surface area contributed by atoms with Gasteiger partial charge >= 0.3 is 0 Å². The number of hydrogen-bond donors (Lipinski definition) is 2. The Morgan fingerprint density at radius 3 is 2.68 bits per heavy atom. The standard InChI is InChI=1S/C15H21NO2.BrH/c1-14-6-7-16(3)13(15(14,2)18)8-10-4-5-11(17)9-12(10)14;/h4-5,9,13,17-18H,6-8H2,1-3H3;1H. The van der Waals surface area contributed by atoms with E-state index in [1.54, 1.807) is 6.07 Å². The SMILES string of the molecule is Br.CN1CCC2(C)c3cc(O)ccc3CC1C2(C)O. The smallest absolute Gasteiger partial charge is 0.115 e. The summed E-state index contributed by atoms with van der Waals surface area (Å²) in [5, 5.41) is 20.7. The maximum Gasteiger partial charge on any atom is 0.115 e. The van der Waals surface area contributed by atoms with Gasteiger partial charge in [0.2, 0.25) is 0 Å². The fraction of sp³-hybridized carbons (Fsp3) is 0.600. The van der Waals surface area contributed by atoms with E-state index in [1.807, 2.05) is 19.1 Å². The third-order valence-electron chi connectivity index (χ3n) is 5.36. The highest BCUT2D eigenvalue weighted by atomic mass is 79.9. The van der Waals surface area contributed by atoms with Gasteiger partial charge in [-0.2, -0.15) is 0 Å². The van der Waals surface area contributed by atoms with Gasteiger partial charge in [-0.05, 0) is 56.6 Å². The van der Waals surface area contributed by atoms with Crippen LogP contribution >= 0.6 is 17.0 Å². The van der Waals surface area contributed by atoms with Gasteiger partial charge in [0, 0.05) is 11.5 Å². The first-order chi connectivity index (χ1) is 8.36. The highest BCUT2D eigenvalue weighted by molar-refractivity contribution is 8.93. The molecule has 1 aromatic rings. The lowest BCUT2D eigenvalue weighted by atomic mass is 9.56. The molecule has 1 fully saturated rings. The van der Waals surface area contributed by atoms with Crippen molar-refractivity contribution in [1.82, 2.24) is 4.90 Å². The lowest BCUT2D eigenvalue weighted by molar-refractivity contribution is -0.121. The molecule has 3 nitrogen and oxygen atoms in total. The summed E-state index contributed by atoms with van der Waals surface area (Å²) in [6, 6.07) is 5.75. The summed E-state index contributed by atoms with van der Waals surface area (Å²) in [5.41, 5.74) is 1.37. The van der Waals surface area contributed by atoms with E-state index < -0.39 is 5.60 Å². The maximum absolute atomic E-state index is 11.0. The van der Waals surface area contributed by atoms with Crippen molar-refractivity contribution in [2.45, 2.75) is 43.7 Å². The van der Waals surface area contributed by atoms with Crippen LogP contribution in [0.1, 0.15) is 31.4 Å². The molecule has 0 saturated carbocycles. The monoisotopic (exact) mass is 327 g/mol. The molecule has 0 aromatic heterocycles. The molecule has 2 bridgehead atoms. The summed E-state index contributed by atoms with van der Waals surface area (Å²) in [4.78, 5) is 2.26. The Bertz CT molecular complexity index is 503. The lowest BCUT2D eigenvalue weighted by Gasteiger charge is -2.58. The molecule has 106 valence electrons. The Morgan fingerprint density at radius 2 is 2.00 bits per heavy atom. The van der Waals surface area contributed by atoms with Gasteiger partial charge in [0.15, 0.2) is 0 Å². The van der Waals surface area contributed by atoms with E-state index in [4.69, 9.17) is 0 Å². The molecule has 1 heterocycles. The van der Waals surface area contributed by atoms with Crippen LogP contribution in [0.25, 0.3) is 0 Å². The van der Waals surface area contributed by atoms with Crippen molar-refractivity contribution in [1.29, 1.82) is 0 Å². The fourth-order valence-electron chi connectivity index (χ4n) is 3.83. The molecule has 1 aromatic carbocycles. The third kappa shape index (κ3) is 1.84. The minimum atomic E-state index is -0.749. The number of phenolic OH excluding ortho intramolecular Hbond substituents is 1. The molecule has 3 rings (SSSR count). The molecule has 2 N–H and O–H groups in total. The van der Waals surface area contributed by atoms with Crippen LogP contribution in [0, 0.1) is 0 Å². The summed E-state index contributed by atoms with van der Waals surface area (Å²) in [7, 11) is 2.09. The van der Waals surface area contributed by atoms with Crippen molar-refractivity contribution in [3.8, 4) is 5.75 Å². The first kappa shape index (κ1) is 14.8. The van der Waals surface area contributed by atoms with Crippen LogP contribution in [-0.2, 0) is 11.8 Å². The fourth-order valence-corrected chi connectivity index (χ4v) is 3.83. The van der Waals surface area contributed by atoms with Gasteiger partial charge < -0.3 is 15.1 Å². The van der Waals surface area contributed by atoms with Crippen LogP contribution < -0.4 is 0 Å². The van der Waals surface area contributed by atoms with Gasteiger partial charge in [-0.25, -0.2) is 0 Å². The Hall–Kier alpha value is -0.580. The van der Waals surface area contributed by atoms with E-state index in [1.165, 1.54) is 5.56 Å². The summed E-state index contributed by atoms with van der Waals surface area (Å²) >= 11 is 0. The van der Waals surface area contributed by atoms with Gasteiger partial charge in [-0.15, -0.1) is 17.0 Å². The van der Waals surface area contributed by atoms with Crippen molar-refractivity contribution >= 4 is 17.0 Å². The molecule has 3 unspecified atom stereocenters. The van der Waals surface area contributed by atoms with E-state index in [0.717, 1.165) is 24.9 Å². The number of fused-ring (bicyclic) bond motifs is 4. The van der Waals surface area contributed by atoms with Crippen molar-refractivity contribution in [2.75, 3.05) is 13.6 Å². The Labute approximate surface area is 125 Å². The normalized spacial score (nSPS) is 37.4. The van der Waals surface area contributed by atoms with Gasteiger partial charge in [0.05, 0.1) is 5.60 Å². The van der Waals surface area contributed by atoms with Crippen molar-refractivity contribution in [3.63, 3.8) is 0 Å². The number of hydrogen-bond acceptors (Lipinski definition) is 3. The zero-order valence-electron chi connectivity index (χ0n) is 11.7. The highest BCUT2D eigenvalue weighted by Crippen LogP contribution is 2.51. The summed E-state index contributed by atoms with van der Waals surface area (Å²) in [6.07, 6.45) is 1.78. The molecule has 1 aliphatic heterocycles. The first-order valence-electron chi connectivity index (χ1n) is 6.61. The second-order valence-electron chi connectivity index (χ2n) is 6.27. The summed E-state index contributed by atoms with van der Waals surface area (Å²) in [6.45, 7) is 5.07. The quantitative estimate of drug-likeness (QED) is 0.768. The summed E-state index contributed by atoms with van der Waals surface area (Å²) < 4.78 is 0. The topological polar surface area (TPSA) is 43.7 Å². The minimum absolute atomic E-state index is 0. The number of rotatable bonds is 0. The number of aromatic hydroxyl groups is 1. The maximum atomic E-state index is 11.0. The second-order valence-corrected chi connectivity index (χ2v) is 6.27. The van der Waals surface area contributed by atoms with E-state index in [9.17, 15) is 10.2 Å². The van der Waals surface area contributed by atoms with Crippen LogP contribution in [0.5, 0.6) is 5.75 Å². The lowest BCUT2D eigenvalue weighted by Crippen LogP contribution is -2.68. The van der Waals surface area contributed by atoms with E-state index >= 15 is 0 Å². The van der Waals surface area contributed by atoms with Crippen molar-refractivity contribution < 1.29 is 10.2 Å².